The molecule has 0 saturated heterocycles. The summed E-state index contributed by atoms with van der Waals surface area (Å²) in [5.74, 6) is 0.0619. The zero-order chi connectivity index (χ0) is 15.8. The van der Waals surface area contributed by atoms with Crippen molar-refractivity contribution in [3.63, 3.8) is 0 Å². The van der Waals surface area contributed by atoms with Crippen LogP contribution in [0, 0.1) is 5.41 Å². The average molecular weight is 298 g/mol. The molecule has 0 aromatic carbocycles. The van der Waals surface area contributed by atoms with Gasteiger partial charge in [0.1, 0.15) is 0 Å². The quantitative estimate of drug-likeness (QED) is 0.212. The highest BCUT2D eigenvalue weighted by molar-refractivity contribution is 5.74. The first-order valence-electron chi connectivity index (χ1n) is 8.27. The zero-order valence-corrected chi connectivity index (χ0v) is 13.2. The van der Waals surface area contributed by atoms with Gasteiger partial charge in [-0.1, -0.05) is 57.8 Å². The van der Waals surface area contributed by atoms with Crippen molar-refractivity contribution >= 4 is 12.2 Å². The monoisotopic (exact) mass is 298 g/mol. The molecular formula is C16H32N3O2. The smallest absolute Gasteiger partial charge is 0.201 e. The van der Waals surface area contributed by atoms with Gasteiger partial charge in [-0.3, -0.25) is 10.2 Å². The Labute approximate surface area is 129 Å². The Balaban J connectivity index is 3.05. The third kappa shape index (κ3) is 16.8. The molecule has 1 radical (unpaired) electrons. The highest BCUT2D eigenvalue weighted by Gasteiger charge is 2.02. The Bertz CT molecular complexity index is 260. The Morgan fingerprint density at radius 1 is 1.00 bits per heavy atom. The van der Waals surface area contributed by atoms with Gasteiger partial charge in [-0.25, -0.2) is 0 Å². The van der Waals surface area contributed by atoms with Crippen LogP contribution in [0.15, 0.2) is 0 Å². The lowest BCUT2D eigenvalue weighted by Gasteiger charge is -2.06. The minimum atomic E-state index is -0.486. The molecule has 21 heavy (non-hydrogen) atoms. The minimum absolute atomic E-state index is 0.0619. The van der Waals surface area contributed by atoms with Crippen LogP contribution in [0.3, 0.4) is 0 Å². The van der Waals surface area contributed by atoms with Crippen LogP contribution >= 0.6 is 0 Å². The molecule has 5 N–H and O–H groups in total. The zero-order valence-electron chi connectivity index (χ0n) is 13.2. The summed E-state index contributed by atoms with van der Waals surface area (Å²) in [6.45, 7) is 0.809. The van der Waals surface area contributed by atoms with E-state index in [1.54, 1.807) is 6.29 Å². The van der Waals surface area contributed by atoms with E-state index >= 15 is 0 Å². The fourth-order valence-electron chi connectivity index (χ4n) is 2.34. The number of aliphatic hydroxyl groups is 1. The second-order valence-electron chi connectivity index (χ2n) is 5.67. The number of hydrogen-bond acceptors (Lipinski definition) is 3. The van der Waals surface area contributed by atoms with Crippen LogP contribution in [0.2, 0.25) is 0 Å². The predicted octanol–water partition coefficient (Wildman–Crippen LogP) is 2.62. The highest BCUT2D eigenvalue weighted by Crippen LogP contribution is 2.12. The number of aliphatic hydroxyl groups excluding tert-OH is 1. The second-order valence-corrected chi connectivity index (χ2v) is 5.67. The van der Waals surface area contributed by atoms with Crippen molar-refractivity contribution in [2.24, 2.45) is 5.73 Å². The maximum atomic E-state index is 10.1. The summed E-state index contributed by atoms with van der Waals surface area (Å²) in [5, 5.41) is 19.2. The van der Waals surface area contributed by atoms with Gasteiger partial charge in [0.05, 0.1) is 6.10 Å². The first-order chi connectivity index (χ1) is 10.2. The molecule has 5 heteroatoms. The van der Waals surface area contributed by atoms with Crippen LogP contribution in [0.25, 0.3) is 0 Å². The van der Waals surface area contributed by atoms with Crippen LogP contribution in [0.5, 0.6) is 0 Å². The Hall–Kier alpha value is -1.10. The molecular weight excluding hydrogens is 266 g/mol. The normalized spacial score (nSPS) is 12.0. The summed E-state index contributed by atoms with van der Waals surface area (Å²) >= 11 is 0. The van der Waals surface area contributed by atoms with Crippen LogP contribution in [0.1, 0.15) is 77.0 Å². The molecule has 0 aliphatic rings. The van der Waals surface area contributed by atoms with Crippen molar-refractivity contribution in [1.82, 2.24) is 5.32 Å². The first kappa shape index (κ1) is 19.9. The van der Waals surface area contributed by atoms with E-state index in [2.05, 4.69) is 5.32 Å². The lowest BCUT2D eigenvalue weighted by atomic mass is 10.0. The number of rotatable bonds is 15. The van der Waals surface area contributed by atoms with Gasteiger partial charge in [0.25, 0.3) is 0 Å². The molecule has 123 valence electrons. The number of hydrogen-bond donors (Lipinski definition) is 4. The van der Waals surface area contributed by atoms with E-state index in [0.717, 1.165) is 32.2 Å². The maximum absolute atomic E-state index is 10.1. The summed E-state index contributed by atoms with van der Waals surface area (Å²) in [4.78, 5) is 10.1. The second kappa shape index (κ2) is 15.3. The van der Waals surface area contributed by atoms with E-state index in [1.165, 1.54) is 44.9 Å². The number of unbranched alkanes of at least 4 members (excludes halogenated alkanes) is 9. The summed E-state index contributed by atoms with van der Waals surface area (Å²) in [6.07, 6.45) is 14.2. The summed E-state index contributed by atoms with van der Waals surface area (Å²) in [6, 6.07) is 0. The molecule has 0 spiro atoms. The van der Waals surface area contributed by atoms with Gasteiger partial charge >= 0.3 is 0 Å². The van der Waals surface area contributed by atoms with E-state index in [0.29, 0.717) is 0 Å². The summed E-state index contributed by atoms with van der Waals surface area (Å²) in [7, 11) is 0. The Kier molecular flexibility index (Phi) is 14.5. The molecule has 0 bridgehead atoms. The molecule has 0 aliphatic carbocycles. The van der Waals surface area contributed by atoms with Gasteiger partial charge in [0.15, 0.2) is 5.96 Å². The molecule has 0 amide bonds. The van der Waals surface area contributed by atoms with Gasteiger partial charge in [-0.15, -0.1) is 0 Å². The van der Waals surface area contributed by atoms with Gasteiger partial charge < -0.3 is 16.2 Å². The highest BCUT2D eigenvalue weighted by atomic mass is 16.3. The van der Waals surface area contributed by atoms with Gasteiger partial charge in [0.2, 0.25) is 6.29 Å². The number of nitrogens with one attached hydrogen (secondary N) is 2. The van der Waals surface area contributed by atoms with Crippen molar-refractivity contribution in [2.75, 3.05) is 6.54 Å². The number of nitrogens with two attached hydrogens (primary N) is 1. The topological polar surface area (TPSA) is 99.2 Å². The Morgan fingerprint density at radius 2 is 1.48 bits per heavy atom. The van der Waals surface area contributed by atoms with Crippen LogP contribution in [-0.4, -0.2) is 30.0 Å². The SMILES string of the molecule is N=C(N)NCCCCCCCCCCCCC(O)C[C]=O. The first-order valence-corrected chi connectivity index (χ1v) is 8.27. The third-order valence-corrected chi connectivity index (χ3v) is 3.60. The molecule has 0 heterocycles. The summed E-state index contributed by atoms with van der Waals surface area (Å²) in [5.41, 5.74) is 5.20. The van der Waals surface area contributed by atoms with Crippen molar-refractivity contribution < 1.29 is 9.90 Å². The van der Waals surface area contributed by atoms with Crippen molar-refractivity contribution in [2.45, 2.75) is 83.2 Å². The predicted molar refractivity (Wildman–Crippen MR) is 87.0 cm³/mol. The summed E-state index contributed by atoms with van der Waals surface area (Å²) < 4.78 is 0. The van der Waals surface area contributed by atoms with Crippen molar-refractivity contribution in [3.8, 4) is 0 Å². The van der Waals surface area contributed by atoms with E-state index in [9.17, 15) is 9.90 Å². The van der Waals surface area contributed by atoms with Crippen molar-refractivity contribution in [3.05, 3.63) is 0 Å². The van der Waals surface area contributed by atoms with E-state index in [-0.39, 0.29) is 12.4 Å². The standard InChI is InChI=1S/C16H32N3O2/c17-16(18)19-13-10-8-6-4-2-1-3-5-7-9-11-15(21)12-14-20/h15,21H,1-13H2,(H4,17,18,19). The molecule has 0 saturated carbocycles. The molecule has 5 nitrogen and oxygen atoms in total. The average Bonchev–Trinajstić information content (AvgIpc) is 2.44. The fourth-order valence-corrected chi connectivity index (χ4v) is 2.34. The third-order valence-electron chi connectivity index (χ3n) is 3.60. The van der Waals surface area contributed by atoms with Gasteiger partial charge in [-0.2, -0.15) is 0 Å². The largest absolute Gasteiger partial charge is 0.393 e. The molecule has 0 aromatic rings. The number of guanidine groups is 1. The molecule has 1 unspecified atom stereocenters. The molecule has 0 aromatic heterocycles. The van der Waals surface area contributed by atoms with E-state index in [4.69, 9.17) is 11.1 Å². The van der Waals surface area contributed by atoms with E-state index < -0.39 is 6.10 Å². The molecule has 0 rings (SSSR count). The lowest BCUT2D eigenvalue weighted by Crippen LogP contribution is -2.30. The number of carbonyl (C=O) groups excluding carboxylic acids is 1. The van der Waals surface area contributed by atoms with Crippen LogP contribution < -0.4 is 11.1 Å². The molecule has 1 atom stereocenters. The maximum Gasteiger partial charge on any atom is 0.201 e. The van der Waals surface area contributed by atoms with Gasteiger partial charge in [0, 0.05) is 13.0 Å². The Morgan fingerprint density at radius 3 is 1.95 bits per heavy atom. The van der Waals surface area contributed by atoms with E-state index in [1.807, 2.05) is 0 Å². The lowest BCUT2D eigenvalue weighted by molar-refractivity contribution is 0.167. The molecule has 0 aliphatic heterocycles. The van der Waals surface area contributed by atoms with Crippen LogP contribution in [-0.2, 0) is 4.79 Å². The van der Waals surface area contributed by atoms with Crippen molar-refractivity contribution in [1.29, 1.82) is 5.41 Å². The van der Waals surface area contributed by atoms with Gasteiger partial charge in [-0.05, 0) is 12.8 Å². The van der Waals surface area contributed by atoms with Crippen LogP contribution in [0.4, 0.5) is 0 Å². The molecule has 0 fully saturated rings. The fraction of sp³-hybridized carbons (Fsp3) is 0.875. The minimum Gasteiger partial charge on any atom is -0.393 e.